The van der Waals surface area contributed by atoms with E-state index in [1.165, 1.54) is 18.4 Å². The molecule has 1 saturated heterocycles. The highest BCUT2D eigenvalue weighted by molar-refractivity contribution is 5.89. The molecule has 1 fully saturated rings. The highest BCUT2D eigenvalue weighted by Gasteiger charge is 2.15. The van der Waals surface area contributed by atoms with Crippen molar-refractivity contribution in [1.29, 1.82) is 0 Å². The molecule has 0 aliphatic carbocycles. The van der Waals surface area contributed by atoms with Crippen LogP contribution in [0.3, 0.4) is 0 Å². The molecule has 2 N–H and O–H groups in total. The molecule has 1 aliphatic rings. The van der Waals surface area contributed by atoms with Crippen molar-refractivity contribution >= 4 is 11.9 Å². The standard InChI is InChI=1S/C18H24N4O/c23-17(7-6-15-8-10-19-11-9-15)21-18-20-12-13-22(18)14-16-4-2-1-3-5-16/h1-5,12-13,15,19H,6-11,14H2,(H,20,21,23). The number of nitrogens with one attached hydrogen (secondary N) is 2. The molecule has 1 aromatic heterocycles. The lowest BCUT2D eigenvalue weighted by Crippen LogP contribution is -2.28. The first kappa shape index (κ1) is 15.7. The minimum absolute atomic E-state index is 0.0593. The van der Waals surface area contributed by atoms with Crippen LogP contribution in [0, 0.1) is 5.92 Å². The van der Waals surface area contributed by atoms with Crippen LogP contribution in [0.15, 0.2) is 42.7 Å². The average Bonchev–Trinajstić information content (AvgIpc) is 3.02. The number of carbonyl (C=O) groups excluding carboxylic acids is 1. The molecular weight excluding hydrogens is 288 g/mol. The Bertz CT molecular complexity index is 617. The zero-order chi connectivity index (χ0) is 15.9. The number of hydrogen-bond donors (Lipinski definition) is 2. The lowest BCUT2D eigenvalue weighted by atomic mass is 9.93. The number of anilines is 1. The Morgan fingerprint density at radius 2 is 2.04 bits per heavy atom. The fourth-order valence-electron chi connectivity index (χ4n) is 3.03. The molecule has 1 amide bonds. The van der Waals surface area contributed by atoms with Gasteiger partial charge in [0.05, 0.1) is 6.54 Å². The van der Waals surface area contributed by atoms with Crippen molar-refractivity contribution in [2.45, 2.75) is 32.2 Å². The van der Waals surface area contributed by atoms with Crippen molar-refractivity contribution in [3.05, 3.63) is 48.3 Å². The van der Waals surface area contributed by atoms with Crippen LogP contribution >= 0.6 is 0 Å². The van der Waals surface area contributed by atoms with Crippen molar-refractivity contribution in [1.82, 2.24) is 14.9 Å². The number of carbonyl (C=O) groups is 1. The molecule has 5 heteroatoms. The number of aromatic nitrogens is 2. The van der Waals surface area contributed by atoms with Crippen LogP contribution in [0.2, 0.25) is 0 Å². The van der Waals surface area contributed by atoms with E-state index in [1.807, 2.05) is 29.0 Å². The average molecular weight is 312 g/mol. The summed E-state index contributed by atoms with van der Waals surface area (Å²) in [5.41, 5.74) is 1.19. The van der Waals surface area contributed by atoms with Crippen molar-refractivity contribution in [3.8, 4) is 0 Å². The Morgan fingerprint density at radius 1 is 1.26 bits per heavy atom. The van der Waals surface area contributed by atoms with Crippen molar-refractivity contribution in [2.75, 3.05) is 18.4 Å². The Balaban J connectivity index is 1.51. The van der Waals surface area contributed by atoms with Crippen molar-refractivity contribution < 1.29 is 4.79 Å². The van der Waals surface area contributed by atoms with E-state index in [2.05, 4.69) is 27.8 Å². The normalized spacial score (nSPS) is 15.5. The molecule has 0 radical (unpaired) electrons. The van der Waals surface area contributed by atoms with Crippen LogP contribution in [0.25, 0.3) is 0 Å². The molecule has 23 heavy (non-hydrogen) atoms. The molecule has 2 heterocycles. The Hall–Kier alpha value is -2.14. The topological polar surface area (TPSA) is 59.0 Å². The number of nitrogens with zero attached hydrogens (tertiary/aromatic N) is 2. The van der Waals surface area contributed by atoms with Gasteiger partial charge in [-0.3, -0.25) is 10.1 Å². The zero-order valence-electron chi connectivity index (χ0n) is 13.4. The number of imidazole rings is 1. The number of rotatable bonds is 6. The highest BCUT2D eigenvalue weighted by atomic mass is 16.1. The molecule has 1 aliphatic heterocycles. The summed E-state index contributed by atoms with van der Waals surface area (Å²) in [6.45, 7) is 2.87. The Labute approximate surface area is 137 Å². The van der Waals surface area contributed by atoms with Gasteiger partial charge in [-0.15, -0.1) is 0 Å². The fourth-order valence-corrected chi connectivity index (χ4v) is 3.03. The first-order chi connectivity index (χ1) is 11.3. The molecule has 0 unspecified atom stereocenters. The summed E-state index contributed by atoms with van der Waals surface area (Å²) < 4.78 is 1.97. The van der Waals surface area contributed by atoms with Gasteiger partial charge in [0, 0.05) is 18.8 Å². The second-order valence-corrected chi connectivity index (χ2v) is 6.14. The summed E-state index contributed by atoms with van der Waals surface area (Å²) in [5, 5.41) is 6.30. The van der Waals surface area contributed by atoms with Gasteiger partial charge in [-0.25, -0.2) is 4.98 Å². The minimum Gasteiger partial charge on any atom is -0.317 e. The predicted octanol–water partition coefficient (Wildman–Crippen LogP) is 2.65. The van der Waals surface area contributed by atoms with Crippen LogP contribution in [-0.2, 0) is 11.3 Å². The van der Waals surface area contributed by atoms with E-state index >= 15 is 0 Å². The molecule has 0 atom stereocenters. The summed E-state index contributed by atoms with van der Waals surface area (Å²) in [6.07, 6.45) is 7.52. The monoisotopic (exact) mass is 312 g/mol. The zero-order valence-corrected chi connectivity index (χ0v) is 13.4. The maximum Gasteiger partial charge on any atom is 0.226 e. The third-order valence-electron chi connectivity index (χ3n) is 4.40. The van der Waals surface area contributed by atoms with Gasteiger partial charge >= 0.3 is 0 Å². The van der Waals surface area contributed by atoms with Crippen LogP contribution in [0.1, 0.15) is 31.2 Å². The van der Waals surface area contributed by atoms with Gasteiger partial charge in [-0.2, -0.15) is 0 Å². The van der Waals surface area contributed by atoms with E-state index in [4.69, 9.17) is 0 Å². The van der Waals surface area contributed by atoms with Gasteiger partial charge in [0.15, 0.2) is 0 Å². The van der Waals surface area contributed by atoms with E-state index in [1.54, 1.807) is 6.20 Å². The summed E-state index contributed by atoms with van der Waals surface area (Å²) >= 11 is 0. The number of piperidine rings is 1. The number of amides is 1. The number of benzene rings is 1. The molecule has 0 saturated carbocycles. The predicted molar refractivity (Wildman–Crippen MR) is 91.2 cm³/mol. The quantitative estimate of drug-likeness (QED) is 0.862. The smallest absolute Gasteiger partial charge is 0.226 e. The second-order valence-electron chi connectivity index (χ2n) is 6.14. The van der Waals surface area contributed by atoms with Gasteiger partial charge in [0.25, 0.3) is 0 Å². The summed E-state index contributed by atoms with van der Waals surface area (Å²) in [5.74, 6) is 1.36. The molecular formula is C18H24N4O. The summed E-state index contributed by atoms with van der Waals surface area (Å²) in [6, 6.07) is 10.2. The van der Waals surface area contributed by atoms with Crippen LogP contribution < -0.4 is 10.6 Å². The minimum atomic E-state index is 0.0593. The van der Waals surface area contributed by atoms with Gasteiger partial charge in [-0.05, 0) is 43.8 Å². The first-order valence-corrected chi connectivity index (χ1v) is 8.37. The van der Waals surface area contributed by atoms with Crippen LogP contribution in [-0.4, -0.2) is 28.5 Å². The van der Waals surface area contributed by atoms with E-state index in [0.29, 0.717) is 24.8 Å². The Morgan fingerprint density at radius 3 is 2.83 bits per heavy atom. The number of hydrogen-bond acceptors (Lipinski definition) is 3. The first-order valence-electron chi connectivity index (χ1n) is 8.37. The molecule has 3 rings (SSSR count). The van der Waals surface area contributed by atoms with Crippen molar-refractivity contribution in [2.24, 2.45) is 5.92 Å². The third-order valence-corrected chi connectivity index (χ3v) is 4.40. The van der Waals surface area contributed by atoms with E-state index < -0.39 is 0 Å². The van der Waals surface area contributed by atoms with E-state index in [-0.39, 0.29) is 5.91 Å². The van der Waals surface area contributed by atoms with Crippen LogP contribution in [0.4, 0.5) is 5.95 Å². The SMILES string of the molecule is O=C(CCC1CCNCC1)Nc1nccn1Cc1ccccc1. The lowest BCUT2D eigenvalue weighted by molar-refractivity contribution is -0.116. The fraction of sp³-hybridized carbons (Fsp3) is 0.444. The van der Waals surface area contributed by atoms with Crippen molar-refractivity contribution in [3.63, 3.8) is 0 Å². The largest absolute Gasteiger partial charge is 0.317 e. The molecule has 2 aromatic rings. The molecule has 5 nitrogen and oxygen atoms in total. The van der Waals surface area contributed by atoms with Gasteiger partial charge in [0.1, 0.15) is 0 Å². The summed E-state index contributed by atoms with van der Waals surface area (Å²) in [7, 11) is 0. The maximum absolute atomic E-state index is 12.2. The lowest BCUT2D eigenvalue weighted by Gasteiger charge is -2.22. The molecule has 1 aromatic carbocycles. The Kier molecular flexibility index (Phi) is 5.42. The van der Waals surface area contributed by atoms with Gasteiger partial charge in [0.2, 0.25) is 11.9 Å². The molecule has 122 valence electrons. The highest BCUT2D eigenvalue weighted by Crippen LogP contribution is 2.18. The maximum atomic E-state index is 12.2. The van der Waals surface area contributed by atoms with E-state index in [0.717, 1.165) is 19.5 Å². The molecule has 0 bridgehead atoms. The van der Waals surface area contributed by atoms with Gasteiger partial charge < -0.3 is 9.88 Å². The third kappa shape index (κ3) is 4.66. The summed E-state index contributed by atoms with van der Waals surface area (Å²) in [4.78, 5) is 16.4. The second kappa shape index (κ2) is 7.92. The van der Waals surface area contributed by atoms with Gasteiger partial charge in [-0.1, -0.05) is 30.3 Å². The van der Waals surface area contributed by atoms with E-state index in [9.17, 15) is 4.79 Å². The molecule has 0 spiro atoms. The van der Waals surface area contributed by atoms with Crippen LogP contribution in [0.5, 0.6) is 0 Å².